The molecule has 1 aliphatic heterocycles. The second-order valence-electron chi connectivity index (χ2n) is 4.52. The first-order valence-electron chi connectivity index (χ1n) is 5.60. The summed E-state index contributed by atoms with van der Waals surface area (Å²) in [4.78, 5) is 0. The molecule has 1 atom stereocenters. The van der Waals surface area contributed by atoms with Gasteiger partial charge >= 0.3 is 0 Å². The molecule has 0 bridgehead atoms. The molecular weight excluding hydrogens is 170 g/mol. The number of anilines is 1. The van der Waals surface area contributed by atoms with Crippen molar-refractivity contribution < 1.29 is 0 Å². The van der Waals surface area contributed by atoms with E-state index < -0.39 is 0 Å². The lowest BCUT2D eigenvalue weighted by Crippen LogP contribution is -2.12. The summed E-state index contributed by atoms with van der Waals surface area (Å²) < 4.78 is 0. The van der Waals surface area contributed by atoms with E-state index in [4.69, 9.17) is 0 Å². The summed E-state index contributed by atoms with van der Waals surface area (Å²) in [5.74, 6) is 0.628. The van der Waals surface area contributed by atoms with Crippen molar-refractivity contribution >= 4 is 5.69 Å². The third kappa shape index (κ3) is 1.63. The van der Waals surface area contributed by atoms with Crippen LogP contribution in [0, 0.1) is 0 Å². The Bertz CT molecular complexity index is 328. The molecule has 1 aromatic rings. The van der Waals surface area contributed by atoms with Crippen LogP contribution in [-0.4, -0.2) is 6.04 Å². The Kier molecular flexibility index (Phi) is 2.49. The summed E-state index contributed by atoms with van der Waals surface area (Å²) in [6.45, 7) is 6.73. The lowest BCUT2D eigenvalue weighted by Gasteiger charge is -2.09. The van der Waals surface area contributed by atoms with E-state index >= 15 is 0 Å². The fourth-order valence-electron chi connectivity index (χ4n) is 2.05. The molecule has 0 aromatic heterocycles. The van der Waals surface area contributed by atoms with Gasteiger partial charge in [0, 0.05) is 11.7 Å². The van der Waals surface area contributed by atoms with Crippen LogP contribution in [0.15, 0.2) is 18.2 Å². The summed E-state index contributed by atoms with van der Waals surface area (Å²) in [7, 11) is 0. The quantitative estimate of drug-likeness (QED) is 0.750. The zero-order valence-electron chi connectivity index (χ0n) is 9.30. The van der Waals surface area contributed by atoms with Crippen molar-refractivity contribution in [1.29, 1.82) is 0 Å². The molecule has 2 rings (SSSR count). The monoisotopic (exact) mass is 189 g/mol. The smallest absolute Gasteiger partial charge is 0.0378 e. The molecule has 0 radical (unpaired) electrons. The molecule has 0 saturated carbocycles. The van der Waals surface area contributed by atoms with E-state index in [2.05, 4.69) is 44.3 Å². The standard InChI is InChI=1S/C13H19N/c1-4-12-7-11-6-5-10(9(2)3)8-13(11)14-12/h5-6,8-9,12,14H,4,7H2,1-3H3. The number of hydrogen-bond donors (Lipinski definition) is 1. The van der Waals surface area contributed by atoms with Crippen molar-refractivity contribution in [1.82, 2.24) is 0 Å². The van der Waals surface area contributed by atoms with Crippen molar-refractivity contribution in [2.75, 3.05) is 5.32 Å². The maximum atomic E-state index is 3.58. The topological polar surface area (TPSA) is 12.0 Å². The predicted molar refractivity (Wildman–Crippen MR) is 61.9 cm³/mol. The van der Waals surface area contributed by atoms with Gasteiger partial charge in [0.05, 0.1) is 0 Å². The lowest BCUT2D eigenvalue weighted by molar-refractivity contribution is 0.723. The van der Waals surface area contributed by atoms with Gasteiger partial charge in [0.2, 0.25) is 0 Å². The number of rotatable bonds is 2. The van der Waals surface area contributed by atoms with Crippen molar-refractivity contribution in [2.45, 2.75) is 45.6 Å². The van der Waals surface area contributed by atoms with Crippen molar-refractivity contribution in [3.63, 3.8) is 0 Å². The molecule has 14 heavy (non-hydrogen) atoms. The largest absolute Gasteiger partial charge is 0.382 e. The summed E-state index contributed by atoms with van der Waals surface area (Å²) in [6, 6.07) is 7.53. The van der Waals surface area contributed by atoms with E-state index in [1.54, 1.807) is 0 Å². The van der Waals surface area contributed by atoms with E-state index in [-0.39, 0.29) is 0 Å². The minimum Gasteiger partial charge on any atom is -0.382 e. The molecule has 1 aromatic carbocycles. The molecular formula is C13H19N. The van der Waals surface area contributed by atoms with E-state index in [1.807, 2.05) is 0 Å². The van der Waals surface area contributed by atoms with Gasteiger partial charge < -0.3 is 5.32 Å². The SMILES string of the molecule is CCC1Cc2ccc(C(C)C)cc2N1. The van der Waals surface area contributed by atoms with Gasteiger partial charge in [0.25, 0.3) is 0 Å². The Hall–Kier alpha value is -0.980. The number of nitrogens with one attached hydrogen (secondary N) is 1. The summed E-state index contributed by atoms with van der Waals surface area (Å²) in [6.07, 6.45) is 2.41. The van der Waals surface area contributed by atoms with E-state index in [9.17, 15) is 0 Å². The van der Waals surface area contributed by atoms with E-state index in [0.717, 1.165) is 0 Å². The van der Waals surface area contributed by atoms with E-state index in [0.29, 0.717) is 12.0 Å². The van der Waals surface area contributed by atoms with Gasteiger partial charge in [-0.05, 0) is 36.0 Å². The van der Waals surface area contributed by atoms with Crippen LogP contribution in [0.5, 0.6) is 0 Å². The highest BCUT2D eigenvalue weighted by molar-refractivity contribution is 5.58. The van der Waals surface area contributed by atoms with Crippen LogP contribution < -0.4 is 5.32 Å². The van der Waals surface area contributed by atoms with Crippen molar-refractivity contribution in [2.24, 2.45) is 0 Å². The van der Waals surface area contributed by atoms with E-state index in [1.165, 1.54) is 29.7 Å². The zero-order chi connectivity index (χ0) is 10.1. The molecule has 0 spiro atoms. The van der Waals surface area contributed by atoms with Crippen molar-refractivity contribution in [3.8, 4) is 0 Å². The molecule has 0 aliphatic carbocycles. The average Bonchev–Trinajstić information content (AvgIpc) is 2.58. The number of hydrogen-bond acceptors (Lipinski definition) is 1. The molecule has 76 valence electrons. The first-order valence-corrected chi connectivity index (χ1v) is 5.60. The summed E-state index contributed by atoms with van der Waals surface area (Å²) in [5, 5.41) is 3.58. The third-order valence-corrected chi connectivity index (χ3v) is 3.12. The average molecular weight is 189 g/mol. The van der Waals surface area contributed by atoms with Crippen LogP contribution >= 0.6 is 0 Å². The third-order valence-electron chi connectivity index (χ3n) is 3.12. The van der Waals surface area contributed by atoms with Crippen LogP contribution in [0.4, 0.5) is 5.69 Å². The minimum absolute atomic E-state index is 0.628. The molecule has 0 amide bonds. The highest BCUT2D eigenvalue weighted by Crippen LogP contribution is 2.30. The summed E-state index contributed by atoms with van der Waals surface area (Å²) in [5.41, 5.74) is 4.29. The van der Waals surface area contributed by atoms with Crippen LogP contribution in [0.1, 0.15) is 44.2 Å². The number of fused-ring (bicyclic) bond motifs is 1. The van der Waals surface area contributed by atoms with Gasteiger partial charge in [0.15, 0.2) is 0 Å². The maximum Gasteiger partial charge on any atom is 0.0378 e. The molecule has 1 aliphatic rings. The fraction of sp³-hybridized carbons (Fsp3) is 0.538. The van der Waals surface area contributed by atoms with Crippen LogP contribution in [0.25, 0.3) is 0 Å². The Morgan fingerprint density at radius 2 is 2.21 bits per heavy atom. The van der Waals surface area contributed by atoms with Gasteiger partial charge in [-0.25, -0.2) is 0 Å². The Morgan fingerprint density at radius 1 is 1.43 bits per heavy atom. The molecule has 1 nitrogen and oxygen atoms in total. The maximum absolute atomic E-state index is 3.58. The molecule has 1 heteroatoms. The molecule has 0 saturated heterocycles. The second-order valence-corrected chi connectivity index (χ2v) is 4.52. The molecule has 1 heterocycles. The Labute approximate surface area is 86.5 Å². The molecule has 0 fully saturated rings. The van der Waals surface area contributed by atoms with Gasteiger partial charge in [-0.1, -0.05) is 32.9 Å². The normalized spacial score (nSPS) is 19.6. The van der Waals surface area contributed by atoms with Crippen LogP contribution in [-0.2, 0) is 6.42 Å². The molecule has 1 N–H and O–H groups in total. The second kappa shape index (κ2) is 3.64. The Balaban J connectivity index is 2.26. The van der Waals surface area contributed by atoms with Crippen LogP contribution in [0.3, 0.4) is 0 Å². The zero-order valence-corrected chi connectivity index (χ0v) is 9.30. The molecule has 1 unspecified atom stereocenters. The highest BCUT2D eigenvalue weighted by atomic mass is 14.9. The van der Waals surface area contributed by atoms with Crippen LogP contribution in [0.2, 0.25) is 0 Å². The Morgan fingerprint density at radius 3 is 2.86 bits per heavy atom. The van der Waals surface area contributed by atoms with Gasteiger partial charge in [0.1, 0.15) is 0 Å². The highest BCUT2D eigenvalue weighted by Gasteiger charge is 2.18. The number of benzene rings is 1. The van der Waals surface area contributed by atoms with Gasteiger partial charge in [-0.2, -0.15) is 0 Å². The fourth-order valence-corrected chi connectivity index (χ4v) is 2.05. The first kappa shape index (κ1) is 9.57. The summed E-state index contributed by atoms with van der Waals surface area (Å²) >= 11 is 0. The van der Waals surface area contributed by atoms with Gasteiger partial charge in [-0.15, -0.1) is 0 Å². The van der Waals surface area contributed by atoms with Crippen molar-refractivity contribution in [3.05, 3.63) is 29.3 Å². The predicted octanol–water partition coefficient (Wildman–Crippen LogP) is 3.56. The minimum atomic E-state index is 0.628. The lowest BCUT2D eigenvalue weighted by atomic mass is 10.00. The van der Waals surface area contributed by atoms with Gasteiger partial charge in [-0.3, -0.25) is 0 Å². The first-order chi connectivity index (χ1) is 6.70.